The van der Waals surface area contributed by atoms with E-state index in [2.05, 4.69) is 0 Å². The Morgan fingerprint density at radius 3 is 2.59 bits per heavy atom. The van der Waals surface area contributed by atoms with Gasteiger partial charge in [0.15, 0.2) is 17.5 Å². The van der Waals surface area contributed by atoms with Gasteiger partial charge in [0.1, 0.15) is 5.69 Å². The fraction of sp³-hybridized carbons (Fsp3) is 0.333. The van der Waals surface area contributed by atoms with Gasteiger partial charge in [0.05, 0.1) is 12.2 Å². The molecule has 0 atom stereocenters. The first-order chi connectivity index (χ1) is 15.4. The van der Waals surface area contributed by atoms with Crippen LogP contribution in [-0.2, 0) is 36.0 Å². The third-order valence-corrected chi connectivity index (χ3v) is 6.68. The van der Waals surface area contributed by atoms with Crippen LogP contribution in [0.15, 0.2) is 42.6 Å². The molecule has 0 bridgehead atoms. The van der Waals surface area contributed by atoms with Gasteiger partial charge in [0, 0.05) is 23.7 Å². The third kappa shape index (κ3) is 4.80. The van der Waals surface area contributed by atoms with E-state index in [1.165, 1.54) is 22.4 Å². The average Bonchev–Trinajstić information content (AvgIpc) is 3.40. The van der Waals surface area contributed by atoms with Crippen molar-refractivity contribution >= 4 is 34.1 Å². The number of thiazole rings is 1. The third-order valence-electron chi connectivity index (χ3n) is 5.50. The minimum atomic E-state index is -0.647. The van der Waals surface area contributed by atoms with Crippen LogP contribution in [0.5, 0.6) is 0 Å². The molecule has 1 aliphatic rings. The van der Waals surface area contributed by atoms with E-state index in [1.807, 2.05) is 30.3 Å². The van der Waals surface area contributed by atoms with Gasteiger partial charge in [-0.1, -0.05) is 30.3 Å². The second-order valence-corrected chi connectivity index (χ2v) is 8.96. The first-order valence-electron chi connectivity index (χ1n) is 10.6. The first-order valence-corrected chi connectivity index (χ1v) is 11.4. The number of carbonyl (C=O) groups excluding carboxylic acids is 3. The largest absolute Gasteiger partial charge is 0.451 e. The van der Waals surface area contributed by atoms with Gasteiger partial charge in [-0.3, -0.25) is 14.5 Å². The summed E-state index contributed by atoms with van der Waals surface area (Å²) in [5, 5.41) is 0.638. The number of nitrogens with zero attached hydrogens (tertiary/aromatic N) is 3. The predicted molar refractivity (Wildman–Crippen MR) is 122 cm³/mol. The summed E-state index contributed by atoms with van der Waals surface area (Å²) in [4.78, 5) is 44.8. The Morgan fingerprint density at radius 1 is 1.16 bits per heavy atom. The number of Topliss-reactive ketones (excluding diaryl/α,β-unsaturated/α-hetero) is 1. The lowest BCUT2D eigenvalue weighted by Gasteiger charge is -2.20. The molecule has 0 saturated carbocycles. The standard InChI is InChI=1S/C24H25N3O4S/c1-16(28)18-12-20(26(2)14-18)23(30)31-15-22(29)27(13-17-8-4-3-5-9-17)24-25-19-10-6-7-11-21(19)32-24/h3-5,8-9,12,14H,6-7,10-11,13,15H2,1-2H3. The van der Waals surface area contributed by atoms with E-state index in [9.17, 15) is 14.4 Å². The molecule has 8 heteroatoms. The Bertz CT molecular complexity index is 1130. The van der Waals surface area contributed by atoms with Crippen molar-refractivity contribution in [2.75, 3.05) is 11.5 Å². The molecule has 3 aromatic rings. The van der Waals surface area contributed by atoms with Gasteiger partial charge in [-0.25, -0.2) is 9.78 Å². The van der Waals surface area contributed by atoms with Crippen LogP contribution in [-0.4, -0.2) is 33.8 Å². The maximum Gasteiger partial charge on any atom is 0.355 e. The fourth-order valence-electron chi connectivity index (χ4n) is 3.72. The molecular formula is C24H25N3O4S. The maximum absolute atomic E-state index is 13.1. The average molecular weight is 452 g/mol. The summed E-state index contributed by atoms with van der Waals surface area (Å²) < 4.78 is 6.85. The second-order valence-electron chi connectivity index (χ2n) is 7.90. The number of fused-ring (bicyclic) bond motifs is 1. The molecule has 7 nitrogen and oxygen atoms in total. The van der Waals surface area contributed by atoms with Gasteiger partial charge in [0.25, 0.3) is 5.91 Å². The van der Waals surface area contributed by atoms with Gasteiger partial charge in [-0.15, -0.1) is 11.3 Å². The number of amides is 1. The number of carbonyl (C=O) groups is 3. The molecule has 1 aromatic carbocycles. The van der Waals surface area contributed by atoms with Crippen LogP contribution < -0.4 is 4.90 Å². The van der Waals surface area contributed by atoms with E-state index < -0.39 is 12.6 Å². The van der Waals surface area contributed by atoms with Crippen molar-refractivity contribution in [1.29, 1.82) is 0 Å². The van der Waals surface area contributed by atoms with E-state index in [1.54, 1.807) is 29.5 Å². The Labute approximate surface area is 190 Å². The molecule has 2 aromatic heterocycles. The number of esters is 1. The molecule has 0 N–H and O–H groups in total. The highest BCUT2D eigenvalue weighted by Crippen LogP contribution is 2.32. The number of ether oxygens (including phenoxy) is 1. The molecule has 0 spiro atoms. The summed E-state index contributed by atoms with van der Waals surface area (Å²) in [7, 11) is 1.66. The number of ketones is 1. The highest BCUT2D eigenvalue weighted by Gasteiger charge is 2.25. The van der Waals surface area contributed by atoms with Crippen LogP contribution in [0.25, 0.3) is 0 Å². The van der Waals surface area contributed by atoms with E-state index in [0.29, 0.717) is 17.2 Å². The van der Waals surface area contributed by atoms with Crippen molar-refractivity contribution in [2.45, 2.75) is 39.2 Å². The Morgan fingerprint density at radius 2 is 1.91 bits per heavy atom. The van der Waals surface area contributed by atoms with E-state index in [0.717, 1.165) is 36.9 Å². The number of benzene rings is 1. The highest BCUT2D eigenvalue weighted by molar-refractivity contribution is 7.15. The zero-order valence-electron chi connectivity index (χ0n) is 18.2. The zero-order chi connectivity index (χ0) is 22.7. The normalized spacial score (nSPS) is 12.8. The first kappa shape index (κ1) is 22.0. The summed E-state index contributed by atoms with van der Waals surface area (Å²) in [6.07, 6.45) is 5.74. The Balaban J connectivity index is 1.51. The molecule has 0 aliphatic heterocycles. The molecule has 32 heavy (non-hydrogen) atoms. The number of hydrogen-bond acceptors (Lipinski definition) is 6. The molecule has 4 rings (SSSR count). The molecule has 166 valence electrons. The van der Waals surface area contributed by atoms with Crippen molar-refractivity contribution < 1.29 is 19.1 Å². The van der Waals surface area contributed by atoms with Gasteiger partial charge >= 0.3 is 5.97 Å². The van der Waals surface area contributed by atoms with Crippen molar-refractivity contribution in [1.82, 2.24) is 9.55 Å². The lowest BCUT2D eigenvalue weighted by molar-refractivity contribution is -0.121. The molecule has 0 radical (unpaired) electrons. The van der Waals surface area contributed by atoms with Crippen LogP contribution in [0.3, 0.4) is 0 Å². The maximum atomic E-state index is 13.1. The summed E-state index contributed by atoms with van der Waals surface area (Å²) in [6.45, 7) is 1.38. The monoisotopic (exact) mass is 451 g/mol. The van der Waals surface area contributed by atoms with Crippen molar-refractivity contribution in [3.63, 3.8) is 0 Å². The Hall–Kier alpha value is -3.26. The highest BCUT2D eigenvalue weighted by atomic mass is 32.1. The molecule has 0 saturated heterocycles. The molecule has 0 unspecified atom stereocenters. The Kier molecular flexibility index (Phi) is 6.50. The zero-order valence-corrected chi connectivity index (χ0v) is 19.0. The lowest BCUT2D eigenvalue weighted by atomic mass is 10.0. The van der Waals surface area contributed by atoms with Crippen LogP contribution in [0.4, 0.5) is 5.13 Å². The van der Waals surface area contributed by atoms with Crippen molar-refractivity contribution in [2.24, 2.45) is 7.05 Å². The second kappa shape index (κ2) is 9.48. The summed E-state index contributed by atoms with van der Waals surface area (Å²) in [5.41, 5.74) is 2.68. The van der Waals surface area contributed by atoms with E-state index in [-0.39, 0.29) is 17.4 Å². The van der Waals surface area contributed by atoms with E-state index in [4.69, 9.17) is 9.72 Å². The predicted octanol–water partition coefficient (Wildman–Crippen LogP) is 3.95. The molecule has 2 heterocycles. The van der Waals surface area contributed by atoms with Gasteiger partial charge in [-0.2, -0.15) is 0 Å². The van der Waals surface area contributed by atoms with Crippen LogP contribution in [0.2, 0.25) is 0 Å². The minimum Gasteiger partial charge on any atom is -0.451 e. The topological polar surface area (TPSA) is 81.5 Å². The van der Waals surface area contributed by atoms with Crippen molar-refractivity contribution in [3.05, 3.63) is 70.0 Å². The number of anilines is 1. The molecule has 0 fully saturated rings. The van der Waals surface area contributed by atoms with Gasteiger partial charge in [-0.05, 0) is 44.2 Å². The fourth-order valence-corrected chi connectivity index (χ4v) is 4.89. The smallest absolute Gasteiger partial charge is 0.355 e. The number of aryl methyl sites for hydroxylation is 3. The quantitative estimate of drug-likeness (QED) is 0.401. The SMILES string of the molecule is CC(=O)c1cc(C(=O)OCC(=O)N(Cc2ccccc2)c2nc3c(s2)CCCC3)n(C)c1. The van der Waals surface area contributed by atoms with Crippen LogP contribution in [0, 0.1) is 0 Å². The van der Waals surface area contributed by atoms with Gasteiger partial charge < -0.3 is 9.30 Å². The number of rotatable bonds is 7. The molecule has 1 aliphatic carbocycles. The molecular weight excluding hydrogens is 426 g/mol. The van der Waals surface area contributed by atoms with Crippen LogP contribution in [0.1, 0.15) is 56.7 Å². The summed E-state index contributed by atoms with van der Waals surface area (Å²) in [5.74, 6) is -1.13. The number of aromatic nitrogens is 2. The molecule has 1 amide bonds. The minimum absolute atomic E-state index is 0.141. The van der Waals surface area contributed by atoms with Crippen LogP contribution >= 0.6 is 11.3 Å². The lowest BCUT2D eigenvalue weighted by Crippen LogP contribution is -2.34. The summed E-state index contributed by atoms with van der Waals surface area (Å²) >= 11 is 1.54. The summed E-state index contributed by atoms with van der Waals surface area (Å²) in [6, 6.07) is 11.2. The van der Waals surface area contributed by atoms with Gasteiger partial charge in [0.2, 0.25) is 0 Å². The van der Waals surface area contributed by atoms with E-state index >= 15 is 0 Å². The van der Waals surface area contributed by atoms with Crippen molar-refractivity contribution in [3.8, 4) is 0 Å². The number of hydrogen-bond donors (Lipinski definition) is 0.